The van der Waals surface area contributed by atoms with Crippen LogP contribution in [-0.2, 0) is 10.0 Å². The van der Waals surface area contributed by atoms with Gasteiger partial charge in [-0.2, -0.15) is 0 Å². The van der Waals surface area contributed by atoms with Crippen LogP contribution in [0, 0.1) is 6.92 Å². The first kappa shape index (κ1) is 14.6. The van der Waals surface area contributed by atoms with Crippen molar-refractivity contribution in [2.45, 2.75) is 11.8 Å². The molecule has 2 aromatic rings. The van der Waals surface area contributed by atoms with Crippen molar-refractivity contribution < 1.29 is 13.2 Å². The van der Waals surface area contributed by atoms with Crippen LogP contribution in [-0.4, -0.2) is 20.5 Å². The predicted octanol–water partition coefficient (Wildman–Crippen LogP) is 2.85. The van der Waals surface area contributed by atoms with Gasteiger partial charge in [0.2, 0.25) is 0 Å². The number of methoxy groups -OCH3 is 1. The lowest BCUT2D eigenvalue weighted by molar-refractivity contribution is 0.402. The fraction of sp³-hybridized carbons (Fsp3) is 0.154. The number of pyridine rings is 1. The van der Waals surface area contributed by atoms with Gasteiger partial charge in [0.05, 0.1) is 24.0 Å². The van der Waals surface area contributed by atoms with Gasteiger partial charge in [-0.15, -0.1) is 0 Å². The number of hydrogen-bond donors (Lipinski definition) is 1. The molecule has 2 rings (SSSR count). The molecule has 7 heteroatoms. The third kappa shape index (κ3) is 3.02. The number of nitrogens with one attached hydrogen (secondary N) is 1. The van der Waals surface area contributed by atoms with Gasteiger partial charge in [-0.1, -0.05) is 17.7 Å². The van der Waals surface area contributed by atoms with Gasteiger partial charge in [0.15, 0.2) is 0 Å². The Morgan fingerprint density at radius 3 is 2.70 bits per heavy atom. The Morgan fingerprint density at radius 2 is 2.05 bits per heavy atom. The highest BCUT2D eigenvalue weighted by Gasteiger charge is 2.20. The summed E-state index contributed by atoms with van der Waals surface area (Å²) in [5.74, 6) is 0.267. The zero-order valence-corrected chi connectivity index (χ0v) is 12.5. The van der Waals surface area contributed by atoms with E-state index in [1.807, 2.05) is 0 Å². The van der Waals surface area contributed by atoms with E-state index in [1.54, 1.807) is 19.1 Å². The molecule has 5 nitrogen and oxygen atoms in total. The summed E-state index contributed by atoms with van der Waals surface area (Å²) >= 11 is 5.92. The first-order chi connectivity index (χ1) is 9.44. The molecule has 0 fully saturated rings. The second-order valence-electron chi connectivity index (χ2n) is 4.12. The van der Waals surface area contributed by atoms with Crippen LogP contribution < -0.4 is 9.46 Å². The average molecular weight is 313 g/mol. The number of nitrogens with zero attached hydrogens (tertiary/aromatic N) is 1. The highest BCUT2D eigenvalue weighted by atomic mass is 35.5. The van der Waals surface area contributed by atoms with E-state index in [1.165, 1.54) is 31.6 Å². The van der Waals surface area contributed by atoms with Crippen LogP contribution in [0.5, 0.6) is 5.75 Å². The standard InChI is InChI=1S/C13H13ClN2O3S/c1-9-3-4-12(19-2)13(7-9)20(17,18)16-11-8-15-6-5-10(11)14/h3-8,16H,1-2H3. The highest BCUT2D eigenvalue weighted by Crippen LogP contribution is 2.28. The molecule has 1 aromatic heterocycles. The Kier molecular flexibility index (Phi) is 4.15. The summed E-state index contributed by atoms with van der Waals surface area (Å²) in [7, 11) is -2.38. The molecule has 0 amide bonds. The fourth-order valence-electron chi connectivity index (χ4n) is 1.65. The first-order valence-corrected chi connectivity index (χ1v) is 7.57. The van der Waals surface area contributed by atoms with Crippen molar-refractivity contribution in [2.24, 2.45) is 0 Å². The minimum absolute atomic E-state index is 0.0555. The molecule has 0 spiro atoms. The molecule has 0 radical (unpaired) electrons. The predicted molar refractivity (Wildman–Crippen MR) is 77.8 cm³/mol. The minimum Gasteiger partial charge on any atom is -0.495 e. The highest BCUT2D eigenvalue weighted by molar-refractivity contribution is 7.92. The van der Waals surface area contributed by atoms with Crippen molar-refractivity contribution in [1.29, 1.82) is 0 Å². The maximum Gasteiger partial charge on any atom is 0.265 e. The van der Waals surface area contributed by atoms with E-state index in [0.717, 1.165) is 5.56 Å². The van der Waals surface area contributed by atoms with Gasteiger partial charge in [-0.05, 0) is 30.7 Å². The maximum absolute atomic E-state index is 12.4. The number of aryl methyl sites for hydroxylation is 1. The second-order valence-corrected chi connectivity index (χ2v) is 6.17. The summed E-state index contributed by atoms with van der Waals surface area (Å²) in [6.45, 7) is 1.80. The molecule has 1 N–H and O–H groups in total. The van der Waals surface area contributed by atoms with Crippen molar-refractivity contribution in [3.8, 4) is 5.75 Å². The summed E-state index contributed by atoms with van der Waals surface area (Å²) < 4.78 is 32.3. The topological polar surface area (TPSA) is 68.3 Å². The van der Waals surface area contributed by atoms with E-state index >= 15 is 0 Å². The molecule has 20 heavy (non-hydrogen) atoms. The van der Waals surface area contributed by atoms with Gasteiger partial charge in [-0.25, -0.2) is 8.42 Å². The Balaban J connectivity index is 2.46. The molecule has 0 saturated carbocycles. The van der Waals surface area contributed by atoms with E-state index in [4.69, 9.17) is 16.3 Å². The normalized spacial score (nSPS) is 11.2. The first-order valence-electron chi connectivity index (χ1n) is 5.71. The molecular formula is C13H13ClN2O3S. The van der Waals surface area contributed by atoms with Gasteiger partial charge in [0.1, 0.15) is 10.6 Å². The van der Waals surface area contributed by atoms with Crippen LogP contribution in [0.1, 0.15) is 5.56 Å². The quantitative estimate of drug-likeness (QED) is 0.942. The van der Waals surface area contributed by atoms with E-state index in [-0.39, 0.29) is 21.4 Å². The number of hydrogen-bond acceptors (Lipinski definition) is 4. The Bertz CT molecular complexity index is 732. The molecule has 0 unspecified atom stereocenters. The molecule has 0 atom stereocenters. The number of aromatic nitrogens is 1. The van der Waals surface area contributed by atoms with Crippen molar-refractivity contribution in [1.82, 2.24) is 4.98 Å². The van der Waals surface area contributed by atoms with E-state index in [2.05, 4.69) is 9.71 Å². The summed E-state index contributed by atoms with van der Waals surface area (Å²) in [6, 6.07) is 6.42. The van der Waals surface area contributed by atoms with E-state index in [9.17, 15) is 8.42 Å². The molecule has 106 valence electrons. The number of rotatable bonds is 4. The fourth-order valence-corrected chi connectivity index (χ4v) is 3.17. The lowest BCUT2D eigenvalue weighted by Crippen LogP contribution is -2.14. The molecule has 1 heterocycles. The van der Waals surface area contributed by atoms with Gasteiger partial charge >= 0.3 is 0 Å². The van der Waals surface area contributed by atoms with Crippen LogP contribution in [0.25, 0.3) is 0 Å². The van der Waals surface area contributed by atoms with Crippen LogP contribution in [0.4, 0.5) is 5.69 Å². The Labute approximate surface area is 122 Å². The van der Waals surface area contributed by atoms with Gasteiger partial charge in [0, 0.05) is 6.20 Å². The number of sulfonamides is 1. The van der Waals surface area contributed by atoms with Crippen LogP contribution in [0.15, 0.2) is 41.6 Å². The smallest absolute Gasteiger partial charge is 0.265 e. The molecule has 0 aliphatic carbocycles. The lowest BCUT2D eigenvalue weighted by Gasteiger charge is -2.12. The van der Waals surface area contributed by atoms with Crippen molar-refractivity contribution in [2.75, 3.05) is 11.8 Å². The number of ether oxygens (including phenoxy) is 1. The van der Waals surface area contributed by atoms with Gasteiger partial charge in [0.25, 0.3) is 10.0 Å². The van der Waals surface area contributed by atoms with Crippen molar-refractivity contribution in [3.63, 3.8) is 0 Å². The maximum atomic E-state index is 12.4. The van der Waals surface area contributed by atoms with Crippen LogP contribution in [0.2, 0.25) is 5.02 Å². The monoisotopic (exact) mass is 312 g/mol. The van der Waals surface area contributed by atoms with Crippen LogP contribution >= 0.6 is 11.6 Å². The molecular weight excluding hydrogens is 300 g/mol. The summed E-state index contributed by atoms with van der Waals surface area (Å²) in [5.41, 5.74) is 1.03. The SMILES string of the molecule is COc1ccc(C)cc1S(=O)(=O)Nc1cnccc1Cl. The van der Waals surface area contributed by atoms with Crippen molar-refractivity contribution in [3.05, 3.63) is 47.2 Å². The third-order valence-corrected chi connectivity index (χ3v) is 4.34. The average Bonchev–Trinajstić information content (AvgIpc) is 2.41. The van der Waals surface area contributed by atoms with Gasteiger partial charge in [-0.3, -0.25) is 9.71 Å². The molecule has 0 saturated heterocycles. The Hall–Kier alpha value is -1.79. The Morgan fingerprint density at radius 1 is 1.30 bits per heavy atom. The summed E-state index contributed by atoms with van der Waals surface area (Å²) in [4.78, 5) is 3.90. The number of benzene rings is 1. The number of halogens is 1. The van der Waals surface area contributed by atoms with E-state index < -0.39 is 10.0 Å². The molecule has 1 aromatic carbocycles. The molecule has 0 bridgehead atoms. The minimum atomic E-state index is -3.80. The van der Waals surface area contributed by atoms with Gasteiger partial charge < -0.3 is 4.74 Å². The zero-order valence-electron chi connectivity index (χ0n) is 10.9. The lowest BCUT2D eigenvalue weighted by atomic mass is 10.2. The summed E-state index contributed by atoms with van der Waals surface area (Å²) in [5, 5.41) is 0.273. The second kappa shape index (κ2) is 5.68. The number of anilines is 1. The van der Waals surface area contributed by atoms with Crippen LogP contribution in [0.3, 0.4) is 0 Å². The molecule has 0 aliphatic heterocycles. The zero-order chi connectivity index (χ0) is 14.8. The van der Waals surface area contributed by atoms with E-state index in [0.29, 0.717) is 0 Å². The largest absolute Gasteiger partial charge is 0.495 e. The molecule has 0 aliphatic rings. The third-order valence-electron chi connectivity index (χ3n) is 2.62. The van der Waals surface area contributed by atoms with Crippen molar-refractivity contribution >= 4 is 27.3 Å². The summed E-state index contributed by atoms with van der Waals surface area (Å²) in [6.07, 6.45) is 2.83.